The van der Waals surface area contributed by atoms with Gasteiger partial charge in [-0.2, -0.15) is 0 Å². The fraction of sp³-hybridized carbons (Fsp3) is 0.867. The number of carbonyl (C=O) groups is 2. The summed E-state index contributed by atoms with van der Waals surface area (Å²) in [5.74, 6) is 0.123. The number of nitrogens with zero attached hydrogens (tertiary/aromatic N) is 2. The molecule has 0 aliphatic carbocycles. The van der Waals surface area contributed by atoms with E-state index in [0.29, 0.717) is 58.5 Å². The molecule has 0 spiro atoms. The van der Waals surface area contributed by atoms with Gasteiger partial charge >= 0.3 is 0 Å². The smallest absolute Gasteiger partial charge is 0.225 e. The third-order valence-corrected chi connectivity index (χ3v) is 4.62. The molecular weight excluding hydrogens is 272 g/mol. The third-order valence-electron chi connectivity index (χ3n) is 4.62. The van der Waals surface area contributed by atoms with Crippen molar-refractivity contribution in [3.05, 3.63) is 0 Å². The van der Waals surface area contributed by atoms with Crippen LogP contribution in [-0.2, 0) is 14.3 Å². The number of ether oxygens (including phenoxy) is 1. The van der Waals surface area contributed by atoms with Crippen LogP contribution in [-0.4, -0.2) is 72.2 Å². The van der Waals surface area contributed by atoms with Crippen LogP contribution in [0.5, 0.6) is 0 Å². The molecule has 0 atom stereocenters. The minimum atomic E-state index is -0.817. The van der Waals surface area contributed by atoms with Gasteiger partial charge in [-0.3, -0.25) is 9.59 Å². The predicted molar refractivity (Wildman–Crippen MR) is 77.6 cm³/mol. The average Bonchev–Trinajstić information content (AvgIpc) is 2.46. The lowest BCUT2D eigenvalue weighted by atomic mass is 9.91. The van der Waals surface area contributed by atoms with E-state index in [1.807, 2.05) is 0 Å². The van der Waals surface area contributed by atoms with Gasteiger partial charge in [0.05, 0.1) is 5.60 Å². The summed E-state index contributed by atoms with van der Waals surface area (Å²) in [6, 6.07) is 0. The predicted octanol–water partition coefficient (Wildman–Crippen LogP) is 0.245. The van der Waals surface area contributed by atoms with Crippen molar-refractivity contribution >= 4 is 11.8 Å². The van der Waals surface area contributed by atoms with Crippen molar-refractivity contribution in [1.82, 2.24) is 9.80 Å². The number of hydrogen-bond acceptors (Lipinski definition) is 4. The Kier molecular flexibility index (Phi) is 5.22. The molecule has 0 radical (unpaired) electrons. The Bertz CT molecular complexity index is 385. The van der Waals surface area contributed by atoms with Crippen molar-refractivity contribution in [2.75, 3.05) is 39.9 Å². The number of amides is 2. The number of likely N-dealkylation sites (N-methyl/N-ethyl adjacent to an activating group) is 1. The third kappa shape index (κ3) is 4.17. The van der Waals surface area contributed by atoms with Crippen molar-refractivity contribution in [3.63, 3.8) is 0 Å². The minimum Gasteiger partial charge on any atom is -0.388 e. The lowest BCUT2D eigenvalue weighted by Crippen LogP contribution is -2.50. The van der Waals surface area contributed by atoms with Gasteiger partial charge in [-0.1, -0.05) is 0 Å². The Morgan fingerprint density at radius 2 is 1.86 bits per heavy atom. The second kappa shape index (κ2) is 6.75. The van der Waals surface area contributed by atoms with E-state index in [2.05, 4.69) is 0 Å². The van der Waals surface area contributed by atoms with Crippen LogP contribution in [0.15, 0.2) is 0 Å². The van der Waals surface area contributed by atoms with Gasteiger partial charge in [0.2, 0.25) is 11.8 Å². The Balaban J connectivity index is 1.84. The molecule has 120 valence electrons. The van der Waals surface area contributed by atoms with Crippen LogP contribution in [0.1, 0.15) is 32.6 Å². The molecule has 6 nitrogen and oxygen atoms in total. The maximum atomic E-state index is 12.5. The highest BCUT2D eigenvalue weighted by atomic mass is 16.5. The molecule has 2 rings (SSSR count). The van der Waals surface area contributed by atoms with E-state index in [9.17, 15) is 14.7 Å². The van der Waals surface area contributed by atoms with Crippen LogP contribution >= 0.6 is 0 Å². The van der Waals surface area contributed by atoms with Crippen molar-refractivity contribution in [2.24, 2.45) is 5.92 Å². The molecule has 2 heterocycles. The van der Waals surface area contributed by atoms with Gasteiger partial charge in [-0.15, -0.1) is 0 Å². The molecule has 2 saturated heterocycles. The molecule has 2 fully saturated rings. The summed E-state index contributed by atoms with van der Waals surface area (Å²) in [5.41, 5.74) is -0.817. The molecule has 0 bridgehead atoms. The van der Waals surface area contributed by atoms with Crippen LogP contribution in [0.3, 0.4) is 0 Å². The van der Waals surface area contributed by atoms with Crippen LogP contribution < -0.4 is 0 Å². The van der Waals surface area contributed by atoms with E-state index in [0.717, 1.165) is 0 Å². The largest absolute Gasteiger partial charge is 0.388 e. The lowest BCUT2D eigenvalue weighted by molar-refractivity contribution is -0.144. The first-order chi connectivity index (χ1) is 9.91. The maximum Gasteiger partial charge on any atom is 0.225 e. The summed E-state index contributed by atoms with van der Waals surface area (Å²) in [4.78, 5) is 27.2. The summed E-state index contributed by atoms with van der Waals surface area (Å²) < 4.78 is 5.26. The lowest BCUT2D eigenvalue weighted by Gasteiger charge is -2.38. The molecule has 0 aromatic carbocycles. The monoisotopic (exact) mass is 298 g/mol. The average molecular weight is 298 g/mol. The Morgan fingerprint density at radius 1 is 1.29 bits per heavy atom. The van der Waals surface area contributed by atoms with E-state index in [4.69, 9.17) is 4.74 Å². The normalized spacial score (nSPS) is 22.9. The van der Waals surface area contributed by atoms with Crippen LogP contribution in [0, 0.1) is 5.92 Å². The standard InChI is InChI=1S/C15H26N2O4/c1-12(18)17-7-3-13(4-8-17)14(19)16(2)11-15(20)5-9-21-10-6-15/h13,20H,3-11H2,1-2H3. The first-order valence-electron chi connectivity index (χ1n) is 7.72. The number of rotatable bonds is 3. The van der Waals surface area contributed by atoms with Crippen molar-refractivity contribution in [3.8, 4) is 0 Å². The Hall–Kier alpha value is -1.14. The van der Waals surface area contributed by atoms with E-state index in [1.54, 1.807) is 23.8 Å². The van der Waals surface area contributed by atoms with Gasteiger partial charge in [-0.25, -0.2) is 0 Å². The van der Waals surface area contributed by atoms with Crippen molar-refractivity contribution in [1.29, 1.82) is 0 Å². The summed E-state index contributed by atoms with van der Waals surface area (Å²) in [5, 5.41) is 10.5. The fourth-order valence-electron chi connectivity index (χ4n) is 3.18. The maximum absolute atomic E-state index is 12.5. The molecule has 0 unspecified atom stereocenters. The zero-order valence-corrected chi connectivity index (χ0v) is 13.0. The summed E-state index contributed by atoms with van der Waals surface area (Å²) in [7, 11) is 1.76. The zero-order valence-electron chi connectivity index (χ0n) is 13.0. The first kappa shape index (κ1) is 16.2. The van der Waals surface area contributed by atoms with Gasteiger partial charge in [-0.05, 0) is 12.8 Å². The second-order valence-electron chi connectivity index (χ2n) is 6.31. The Morgan fingerprint density at radius 3 is 2.38 bits per heavy atom. The summed E-state index contributed by atoms with van der Waals surface area (Å²) in [6.07, 6.45) is 2.58. The highest BCUT2D eigenvalue weighted by Crippen LogP contribution is 2.24. The number of likely N-dealkylation sites (tertiary alicyclic amines) is 1. The number of aliphatic hydroxyl groups is 1. The van der Waals surface area contributed by atoms with Crippen molar-refractivity contribution in [2.45, 2.75) is 38.2 Å². The van der Waals surface area contributed by atoms with E-state index in [1.165, 1.54) is 0 Å². The van der Waals surface area contributed by atoms with Gasteiger partial charge < -0.3 is 19.6 Å². The summed E-state index contributed by atoms with van der Waals surface area (Å²) in [6.45, 7) is 4.33. The highest BCUT2D eigenvalue weighted by Gasteiger charge is 2.35. The first-order valence-corrected chi connectivity index (χ1v) is 7.72. The second-order valence-corrected chi connectivity index (χ2v) is 6.31. The van der Waals surface area contributed by atoms with E-state index < -0.39 is 5.60 Å². The molecule has 0 aromatic rings. The Labute approximate surface area is 126 Å². The minimum absolute atomic E-state index is 0.0333. The molecule has 6 heteroatoms. The molecule has 1 N–H and O–H groups in total. The number of carbonyl (C=O) groups excluding carboxylic acids is 2. The zero-order chi connectivity index (χ0) is 15.5. The van der Waals surface area contributed by atoms with Gasteiger partial charge in [0.25, 0.3) is 0 Å². The SMILES string of the molecule is CC(=O)N1CCC(C(=O)N(C)CC2(O)CCOCC2)CC1. The van der Waals surface area contributed by atoms with Crippen LogP contribution in [0.4, 0.5) is 0 Å². The van der Waals surface area contributed by atoms with Crippen LogP contribution in [0.2, 0.25) is 0 Å². The summed E-state index contributed by atoms with van der Waals surface area (Å²) >= 11 is 0. The molecule has 21 heavy (non-hydrogen) atoms. The topological polar surface area (TPSA) is 70.1 Å². The van der Waals surface area contributed by atoms with E-state index in [-0.39, 0.29) is 17.7 Å². The fourth-order valence-corrected chi connectivity index (χ4v) is 3.18. The number of hydrogen-bond donors (Lipinski definition) is 1. The van der Waals surface area contributed by atoms with E-state index >= 15 is 0 Å². The molecule has 2 aliphatic heterocycles. The van der Waals surface area contributed by atoms with Gasteiger partial charge in [0, 0.05) is 65.6 Å². The van der Waals surface area contributed by atoms with Crippen molar-refractivity contribution < 1.29 is 19.4 Å². The molecule has 2 aliphatic rings. The molecule has 0 saturated carbocycles. The van der Waals surface area contributed by atoms with Gasteiger partial charge in [0.1, 0.15) is 0 Å². The molecule has 2 amide bonds. The quantitative estimate of drug-likeness (QED) is 0.810. The number of piperidine rings is 1. The van der Waals surface area contributed by atoms with Gasteiger partial charge in [0.15, 0.2) is 0 Å². The molecule has 0 aromatic heterocycles. The van der Waals surface area contributed by atoms with Crippen LogP contribution in [0.25, 0.3) is 0 Å². The molecular formula is C15H26N2O4. The highest BCUT2D eigenvalue weighted by molar-refractivity contribution is 5.79.